The van der Waals surface area contributed by atoms with E-state index in [2.05, 4.69) is 83.9 Å². The number of carbonyl (C=O) groups is 3. The highest BCUT2D eigenvalue weighted by Gasteiger charge is 2.39. The monoisotopic (exact) mass is 613 g/mol. The van der Waals surface area contributed by atoms with Crippen LogP contribution in [-0.2, 0) is 22.7 Å². The first-order chi connectivity index (χ1) is 22.4. The van der Waals surface area contributed by atoms with Crippen LogP contribution in [0.3, 0.4) is 0 Å². The number of allylic oxidation sites excluding steroid dienone is 1. The molecule has 2 aliphatic heterocycles. The lowest BCUT2D eigenvalue weighted by Crippen LogP contribution is -2.52. The van der Waals surface area contributed by atoms with E-state index in [-0.39, 0.29) is 18.2 Å². The molecule has 6 rings (SSSR count). The number of ether oxygens (including phenoxy) is 1. The van der Waals surface area contributed by atoms with Crippen molar-refractivity contribution in [2.24, 2.45) is 0 Å². The summed E-state index contributed by atoms with van der Waals surface area (Å²) in [7, 11) is 2.05. The van der Waals surface area contributed by atoms with E-state index in [0.29, 0.717) is 31.7 Å². The van der Waals surface area contributed by atoms with E-state index in [1.165, 1.54) is 22.3 Å². The molecule has 234 valence electrons. The van der Waals surface area contributed by atoms with Gasteiger partial charge in [0, 0.05) is 31.6 Å². The summed E-state index contributed by atoms with van der Waals surface area (Å²) >= 11 is 0. The Balaban J connectivity index is 1.07. The SMILES string of the molecule is CC/C(=C(\c1ccccc1)c1ccc(OCCN(C)Cc2ccc3c(c2)CN(C2CCC(=O)NC2=O)C3=O)cc1)c1ccccc1. The van der Waals surface area contributed by atoms with Crippen molar-refractivity contribution in [3.05, 3.63) is 137 Å². The topological polar surface area (TPSA) is 79.0 Å². The maximum absolute atomic E-state index is 13.0. The Morgan fingerprint density at radius 3 is 2.22 bits per heavy atom. The standard InChI is InChI=1S/C39H39N3O4/c1-3-33(28-10-6-4-7-11-28)37(29-12-8-5-9-13-29)30-15-17-32(18-16-30)46-23-22-41(2)25-27-14-19-34-31(24-27)26-42(39(34)45)35-20-21-36(43)40-38(35)44/h4-19,24,35H,3,20-23,25-26H2,1-2H3,(H,40,43,44)/b37-33-. The van der Waals surface area contributed by atoms with Crippen LogP contribution in [-0.4, -0.2) is 53.8 Å². The first-order valence-electron chi connectivity index (χ1n) is 15.9. The van der Waals surface area contributed by atoms with Gasteiger partial charge in [-0.1, -0.05) is 91.9 Å². The number of nitrogens with one attached hydrogen (secondary N) is 1. The summed E-state index contributed by atoms with van der Waals surface area (Å²) < 4.78 is 6.14. The van der Waals surface area contributed by atoms with Gasteiger partial charge >= 0.3 is 0 Å². The Kier molecular flexibility index (Phi) is 9.41. The number of piperidine rings is 1. The molecule has 0 aliphatic carbocycles. The molecule has 0 aromatic heterocycles. The van der Waals surface area contributed by atoms with Gasteiger partial charge in [-0.3, -0.25) is 24.6 Å². The fraction of sp³-hybridized carbons (Fsp3) is 0.256. The quantitative estimate of drug-likeness (QED) is 0.158. The van der Waals surface area contributed by atoms with E-state index in [4.69, 9.17) is 4.74 Å². The van der Waals surface area contributed by atoms with Crippen molar-refractivity contribution in [2.75, 3.05) is 20.2 Å². The predicted molar refractivity (Wildman–Crippen MR) is 180 cm³/mol. The first-order valence-corrected chi connectivity index (χ1v) is 15.9. The van der Waals surface area contributed by atoms with Crippen molar-refractivity contribution in [1.82, 2.24) is 15.1 Å². The molecule has 2 aliphatic rings. The van der Waals surface area contributed by atoms with Crippen LogP contribution in [0.5, 0.6) is 5.75 Å². The fourth-order valence-electron chi connectivity index (χ4n) is 6.44. The minimum Gasteiger partial charge on any atom is -0.492 e. The molecule has 0 radical (unpaired) electrons. The largest absolute Gasteiger partial charge is 0.492 e. The van der Waals surface area contributed by atoms with Crippen LogP contribution in [0.25, 0.3) is 11.1 Å². The number of hydrogen-bond acceptors (Lipinski definition) is 5. The average molecular weight is 614 g/mol. The van der Waals surface area contributed by atoms with Crippen molar-refractivity contribution in [3.63, 3.8) is 0 Å². The molecular formula is C39H39N3O4. The van der Waals surface area contributed by atoms with E-state index in [1.54, 1.807) is 4.90 Å². The Morgan fingerprint density at radius 1 is 0.870 bits per heavy atom. The van der Waals surface area contributed by atoms with Crippen LogP contribution < -0.4 is 10.1 Å². The average Bonchev–Trinajstić information content (AvgIpc) is 3.39. The summed E-state index contributed by atoms with van der Waals surface area (Å²) in [6.07, 6.45) is 1.52. The van der Waals surface area contributed by atoms with Crippen LogP contribution in [0.15, 0.2) is 103 Å². The molecule has 1 unspecified atom stereocenters. The van der Waals surface area contributed by atoms with Crippen LogP contribution in [0.1, 0.15) is 64.4 Å². The zero-order valence-corrected chi connectivity index (χ0v) is 26.4. The molecule has 2 heterocycles. The zero-order chi connectivity index (χ0) is 32.0. The Hall–Kier alpha value is -5.01. The predicted octanol–water partition coefficient (Wildman–Crippen LogP) is 6.33. The van der Waals surface area contributed by atoms with Crippen molar-refractivity contribution in [3.8, 4) is 5.75 Å². The van der Waals surface area contributed by atoms with Gasteiger partial charge in [-0.25, -0.2) is 0 Å². The van der Waals surface area contributed by atoms with Gasteiger partial charge in [0.2, 0.25) is 11.8 Å². The normalized spacial score (nSPS) is 16.7. The fourth-order valence-corrected chi connectivity index (χ4v) is 6.44. The highest BCUT2D eigenvalue weighted by Crippen LogP contribution is 2.35. The van der Waals surface area contributed by atoms with Gasteiger partial charge in [0.25, 0.3) is 5.91 Å². The number of fused-ring (bicyclic) bond motifs is 1. The second kappa shape index (κ2) is 14.0. The second-order valence-electron chi connectivity index (χ2n) is 11.9. The summed E-state index contributed by atoms with van der Waals surface area (Å²) in [5.74, 6) is 0.00145. The number of imide groups is 1. The third-order valence-corrected chi connectivity index (χ3v) is 8.77. The molecule has 46 heavy (non-hydrogen) atoms. The molecule has 7 heteroatoms. The number of rotatable bonds is 11. The lowest BCUT2D eigenvalue weighted by molar-refractivity contribution is -0.136. The number of nitrogens with zero attached hydrogens (tertiary/aromatic N) is 2. The summed E-state index contributed by atoms with van der Waals surface area (Å²) in [6, 6.07) is 34.8. The number of carbonyl (C=O) groups excluding carboxylic acids is 3. The van der Waals surface area contributed by atoms with Crippen LogP contribution in [0, 0.1) is 0 Å². The Morgan fingerprint density at radius 2 is 1.54 bits per heavy atom. The van der Waals surface area contributed by atoms with Crippen molar-refractivity contribution >= 4 is 28.9 Å². The van der Waals surface area contributed by atoms with E-state index in [9.17, 15) is 14.4 Å². The summed E-state index contributed by atoms with van der Waals surface area (Å²) in [5.41, 5.74) is 8.75. The summed E-state index contributed by atoms with van der Waals surface area (Å²) in [6.45, 7) is 4.55. The third-order valence-electron chi connectivity index (χ3n) is 8.77. The Labute approximate surface area is 270 Å². The maximum Gasteiger partial charge on any atom is 0.255 e. The molecule has 1 fully saturated rings. The van der Waals surface area contributed by atoms with Crippen LogP contribution >= 0.6 is 0 Å². The molecule has 4 aromatic carbocycles. The highest BCUT2D eigenvalue weighted by atomic mass is 16.5. The summed E-state index contributed by atoms with van der Waals surface area (Å²) in [5, 5.41) is 2.36. The van der Waals surface area contributed by atoms with Crippen LogP contribution in [0.4, 0.5) is 0 Å². The highest BCUT2D eigenvalue weighted by molar-refractivity contribution is 6.05. The van der Waals surface area contributed by atoms with Crippen molar-refractivity contribution < 1.29 is 19.1 Å². The molecule has 1 atom stereocenters. The molecule has 0 bridgehead atoms. The van der Waals surface area contributed by atoms with Gasteiger partial charge < -0.3 is 9.64 Å². The number of hydrogen-bond donors (Lipinski definition) is 1. The van der Waals surface area contributed by atoms with Gasteiger partial charge in [0.15, 0.2) is 0 Å². The number of benzene rings is 4. The smallest absolute Gasteiger partial charge is 0.255 e. The maximum atomic E-state index is 13.0. The first kappa shape index (κ1) is 31.0. The minimum atomic E-state index is -0.603. The Bertz CT molecular complexity index is 1750. The molecule has 0 spiro atoms. The minimum absolute atomic E-state index is 0.152. The van der Waals surface area contributed by atoms with Gasteiger partial charge in [-0.05, 0) is 77.1 Å². The lowest BCUT2D eigenvalue weighted by Gasteiger charge is -2.29. The van der Waals surface area contributed by atoms with Crippen LogP contribution in [0.2, 0.25) is 0 Å². The zero-order valence-electron chi connectivity index (χ0n) is 26.4. The molecular weight excluding hydrogens is 574 g/mol. The lowest BCUT2D eigenvalue weighted by atomic mass is 9.88. The molecule has 3 amide bonds. The van der Waals surface area contributed by atoms with Gasteiger partial charge in [0.05, 0.1) is 0 Å². The number of likely N-dealkylation sites (N-methyl/N-ethyl adjacent to an activating group) is 1. The van der Waals surface area contributed by atoms with Crippen molar-refractivity contribution in [1.29, 1.82) is 0 Å². The van der Waals surface area contributed by atoms with Gasteiger partial charge in [-0.15, -0.1) is 0 Å². The molecule has 0 saturated carbocycles. The molecule has 1 saturated heterocycles. The van der Waals surface area contributed by atoms with E-state index in [0.717, 1.165) is 35.4 Å². The molecule has 1 N–H and O–H groups in total. The van der Waals surface area contributed by atoms with E-state index < -0.39 is 11.9 Å². The third kappa shape index (κ3) is 6.80. The summed E-state index contributed by atoms with van der Waals surface area (Å²) in [4.78, 5) is 40.7. The van der Waals surface area contributed by atoms with Crippen molar-refractivity contribution in [2.45, 2.75) is 45.3 Å². The van der Waals surface area contributed by atoms with Gasteiger partial charge in [-0.2, -0.15) is 0 Å². The second-order valence-corrected chi connectivity index (χ2v) is 11.9. The van der Waals surface area contributed by atoms with Gasteiger partial charge in [0.1, 0.15) is 18.4 Å². The van der Waals surface area contributed by atoms with E-state index >= 15 is 0 Å². The van der Waals surface area contributed by atoms with E-state index in [1.807, 2.05) is 43.4 Å². The molecule has 4 aromatic rings. The number of amides is 3. The molecule has 7 nitrogen and oxygen atoms in total.